The predicted octanol–water partition coefficient (Wildman–Crippen LogP) is 3.73. The molecule has 0 aliphatic rings. The maximum atomic E-state index is 9.55. The van der Waals surface area contributed by atoms with E-state index in [2.05, 4.69) is 17.6 Å². The van der Waals surface area contributed by atoms with Gasteiger partial charge in [-0.05, 0) is 36.3 Å². The lowest BCUT2D eigenvalue weighted by Crippen LogP contribution is -2.35. The van der Waals surface area contributed by atoms with E-state index >= 15 is 0 Å². The van der Waals surface area contributed by atoms with Gasteiger partial charge in [-0.2, -0.15) is 0 Å². The molecule has 0 bridgehead atoms. The van der Waals surface area contributed by atoms with E-state index in [0.29, 0.717) is 17.4 Å². The van der Waals surface area contributed by atoms with Gasteiger partial charge in [0.15, 0.2) is 16.6 Å². The van der Waals surface area contributed by atoms with Crippen molar-refractivity contribution < 1.29 is 9.84 Å². The molecule has 0 heterocycles. The van der Waals surface area contributed by atoms with Gasteiger partial charge in [-0.3, -0.25) is 0 Å². The zero-order chi connectivity index (χ0) is 16.2. The summed E-state index contributed by atoms with van der Waals surface area (Å²) in [5.41, 5.74) is 1.01. The summed E-state index contributed by atoms with van der Waals surface area (Å²) in [6.07, 6.45) is 7.67. The van der Waals surface area contributed by atoms with Crippen LogP contribution in [0, 0.1) is 0 Å². The number of ether oxygens (including phenoxy) is 1. The number of aromatic hydroxyl groups is 1. The smallest absolute Gasteiger partial charge is 0.166 e. The topological polar surface area (TPSA) is 53.5 Å². The van der Waals surface area contributed by atoms with E-state index in [4.69, 9.17) is 17.0 Å². The molecule has 124 valence electrons. The second-order valence-corrected chi connectivity index (χ2v) is 5.79. The van der Waals surface area contributed by atoms with Crippen molar-refractivity contribution >= 4 is 17.3 Å². The Labute approximate surface area is 139 Å². The van der Waals surface area contributed by atoms with Crippen LogP contribution < -0.4 is 15.4 Å². The molecule has 5 heteroatoms. The summed E-state index contributed by atoms with van der Waals surface area (Å²) >= 11 is 5.26. The van der Waals surface area contributed by atoms with Gasteiger partial charge in [0.05, 0.1) is 7.11 Å². The van der Waals surface area contributed by atoms with E-state index in [1.165, 1.54) is 32.1 Å². The lowest BCUT2D eigenvalue weighted by molar-refractivity contribution is 0.373. The molecule has 0 atom stereocenters. The third-order valence-electron chi connectivity index (χ3n) is 3.51. The van der Waals surface area contributed by atoms with Gasteiger partial charge in [0.25, 0.3) is 0 Å². The van der Waals surface area contributed by atoms with E-state index in [1.54, 1.807) is 19.2 Å². The molecular formula is C17H28N2O2S. The van der Waals surface area contributed by atoms with Crippen LogP contribution in [0.3, 0.4) is 0 Å². The van der Waals surface area contributed by atoms with Crippen LogP contribution in [0.5, 0.6) is 11.5 Å². The number of hydrogen-bond acceptors (Lipinski definition) is 3. The highest BCUT2D eigenvalue weighted by atomic mass is 32.1. The normalized spacial score (nSPS) is 10.3. The van der Waals surface area contributed by atoms with Crippen molar-refractivity contribution in [2.75, 3.05) is 13.7 Å². The molecule has 1 aromatic carbocycles. The minimum Gasteiger partial charge on any atom is -0.504 e. The van der Waals surface area contributed by atoms with Gasteiger partial charge in [-0.15, -0.1) is 0 Å². The van der Waals surface area contributed by atoms with Gasteiger partial charge in [0.1, 0.15) is 0 Å². The fourth-order valence-electron chi connectivity index (χ4n) is 2.18. The Morgan fingerprint density at radius 1 is 1.14 bits per heavy atom. The Hall–Kier alpha value is -1.49. The molecule has 0 unspecified atom stereocenters. The summed E-state index contributed by atoms with van der Waals surface area (Å²) in [5.74, 6) is 0.625. The van der Waals surface area contributed by atoms with Crippen molar-refractivity contribution in [3.63, 3.8) is 0 Å². The molecule has 3 N–H and O–H groups in total. The standard InChI is InChI=1S/C17H28N2O2S/c1-3-4-5-6-7-8-11-18-17(22)19-13-14-9-10-15(20)16(12-14)21-2/h9-10,12,20H,3-8,11,13H2,1-2H3,(H2,18,19,22). The third-order valence-corrected chi connectivity index (χ3v) is 3.80. The number of benzene rings is 1. The quantitative estimate of drug-likeness (QED) is 0.452. The van der Waals surface area contributed by atoms with Gasteiger partial charge in [0.2, 0.25) is 0 Å². The summed E-state index contributed by atoms with van der Waals surface area (Å²) in [5, 5.41) is 16.6. The zero-order valence-electron chi connectivity index (χ0n) is 13.7. The third kappa shape index (κ3) is 7.50. The molecule has 0 aliphatic carbocycles. The number of rotatable bonds is 10. The molecule has 22 heavy (non-hydrogen) atoms. The van der Waals surface area contributed by atoms with Crippen molar-refractivity contribution in [3.05, 3.63) is 23.8 Å². The molecule has 0 aromatic heterocycles. The highest BCUT2D eigenvalue weighted by molar-refractivity contribution is 7.80. The molecule has 0 saturated heterocycles. The zero-order valence-corrected chi connectivity index (χ0v) is 14.5. The summed E-state index contributed by atoms with van der Waals surface area (Å²) in [7, 11) is 1.54. The highest BCUT2D eigenvalue weighted by Crippen LogP contribution is 2.26. The molecule has 0 saturated carbocycles. The first kappa shape index (κ1) is 18.6. The first-order chi connectivity index (χ1) is 10.7. The average molecular weight is 324 g/mol. The van der Waals surface area contributed by atoms with Crippen LogP contribution in [0.15, 0.2) is 18.2 Å². The Balaban J connectivity index is 2.15. The van der Waals surface area contributed by atoms with E-state index in [9.17, 15) is 5.11 Å². The summed E-state index contributed by atoms with van der Waals surface area (Å²) < 4.78 is 5.09. The number of phenols is 1. The van der Waals surface area contributed by atoms with E-state index in [1.807, 2.05) is 6.07 Å². The molecule has 0 amide bonds. The fraction of sp³-hybridized carbons (Fsp3) is 0.588. The van der Waals surface area contributed by atoms with Crippen LogP contribution in [-0.2, 0) is 6.54 Å². The first-order valence-corrected chi connectivity index (χ1v) is 8.45. The summed E-state index contributed by atoms with van der Waals surface area (Å²) in [4.78, 5) is 0. The van der Waals surface area contributed by atoms with Crippen LogP contribution in [0.2, 0.25) is 0 Å². The maximum absolute atomic E-state index is 9.55. The van der Waals surface area contributed by atoms with Crippen molar-refractivity contribution in [3.8, 4) is 11.5 Å². The van der Waals surface area contributed by atoms with Crippen molar-refractivity contribution in [1.82, 2.24) is 10.6 Å². The van der Waals surface area contributed by atoms with Crippen LogP contribution in [0.4, 0.5) is 0 Å². The fourth-order valence-corrected chi connectivity index (χ4v) is 2.36. The van der Waals surface area contributed by atoms with Crippen molar-refractivity contribution in [2.45, 2.75) is 52.0 Å². The molecule has 4 nitrogen and oxygen atoms in total. The number of nitrogens with one attached hydrogen (secondary N) is 2. The number of unbranched alkanes of at least 4 members (excludes halogenated alkanes) is 5. The lowest BCUT2D eigenvalue weighted by atomic mass is 10.1. The average Bonchev–Trinajstić information content (AvgIpc) is 2.53. The minimum atomic E-state index is 0.148. The molecule has 0 spiro atoms. The lowest BCUT2D eigenvalue weighted by Gasteiger charge is -2.11. The first-order valence-electron chi connectivity index (χ1n) is 8.05. The van der Waals surface area contributed by atoms with Crippen LogP contribution in [0.25, 0.3) is 0 Å². The molecule has 0 radical (unpaired) electrons. The van der Waals surface area contributed by atoms with Gasteiger partial charge < -0.3 is 20.5 Å². The predicted molar refractivity (Wildman–Crippen MR) is 95.5 cm³/mol. The molecule has 0 fully saturated rings. The Morgan fingerprint density at radius 3 is 2.59 bits per heavy atom. The highest BCUT2D eigenvalue weighted by Gasteiger charge is 2.03. The molecular weight excluding hydrogens is 296 g/mol. The van der Waals surface area contributed by atoms with Crippen LogP contribution in [0.1, 0.15) is 51.0 Å². The van der Waals surface area contributed by atoms with E-state index in [-0.39, 0.29) is 5.75 Å². The Bertz CT molecular complexity index is 452. The van der Waals surface area contributed by atoms with Gasteiger partial charge in [-0.25, -0.2) is 0 Å². The SMILES string of the molecule is CCCCCCCCNC(=S)NCc1ccc(O)c(OC)c1. The van der Waals surface area contributed by atoms with Gasteiger partial charge in [0, 0.05) is 13.1 Å². The van der Waals surface area contributed by atoms with E-state index < -0.39 is 0 Å². The molecule has 1 aromatic rings. The minimum absolute atomic E-state index is 0.148. The molecule has 0 aliphatic heterocycles. The van der Waals surface area contributed by atoms with Gasteiger partial charge in [-0.1, -0.05) is 45.1 Å². The Morgan fingerprint density at radius 2 is 1.86 bits per heavy atom. The van der Waals surface area contributed by atoms with Crippen LogP contribution >= 0.6 is 12.2 Å². The number of hydrogen-bond donors (Lipinski definition) is 3. The second kappa shape index (κ2) is 11.1. The monoisotopic (exact) mass is 324 g/mol. The van der Waals surface area contributed by atoms with E-state index in [0.717, 1.165) is 18.5 Å². The summed E-state index contributed by atoms with van der Waals surface area (Å²) in [6.45, 7) is 3.76. The second-order valence-electron chi connectivity index (χ2n) is 5.38. The summed E-state index contributed by atoms with van der Waals surface area (Å²) in [6, 6.07) is 5.28. The number of thiocarbonyl (C=S) groups is 1. The number of phenolic OH excluding ortho intramolecular Hbond substituents is 1. The largest absolute Gasteiger partial charge is 0.504 e. The molecule has 1 rings (SSSR count). The van der Waals surface area contributed by atoms with Crippen molar-refractivity contribution in [2.24, 2.45) is 0 Å². The maximum Gasteiger partial charge on any atom is 0.166 e. The van der Waals surface area contributed by atoms with Gasteiger partial charge >= 0.3 is 0 Å². The Kier molecular flexibility index (Phi) is 9.39. The van der Waals surface area contributed by atoms with Crippen molar-refractivity contribution in [1.29, 1.82) is 0 Å². The van der Waals surface area contributed by atoms with Crippen LogP contribution in [-0.4, -0.2) is 23.9 Å². The number of methoxy groups -OCH3 is 1.